The molecule has 23 heavy (non-hydrogen) atoms. The summed E-state index contributed by atoms with van der Waals surface area (Å²) in [6.07, 6.45) is 0. The van der Waals surface area contributed by atoms with Crippen molar-refractivity contribution in [2.24, 2.45) is 11.7 Å². The number of amides is 1. The third-order valence-corrected chi connectivity index (χ3v) is 3.30. The summed E-state index contributed by atoms with van der Waals surface area (Å²) in [5.74, 6) is 1.48. The standard InChI is InChI=1S/C17H28N2O3.ClH/c1-6-21-14-9-8-13(10-15(14)22-7-2)16(11(3)4)19-17(20)12(5)18;/h8-12,16H,6-7,18H2,1-5H3,(H,19,20);1H/t12-,16?;/m1./s1. The molecule has 0 bridgehead atoms. The molecule has 6 heteroatoms. The predicted molar refractivity (Wildman–Crippen MR) is 95.4 cm³/mol. The zero-order chi connectivity index (χ0) is 16.7. The Bertz CT molecular complexity index is 493. The minimum atomic E-state index is -0.532. The number of ether oxygens (including phenoxy) is 2. The number of carbonyl (C=O) groups excluding carboxylic acids is 1. The van der Waals surface area contributed by atoms with E-state index in [1.54, 1.807) is 6.92 Å². The zero-order valence-electron chi connectivity index (χ0n) is 14.6. The van der Waals surface area contributed by atoms with Crippen molar-refractivity contribution >= 4 is 18.3 Å². The van der Waals surface area contributed by atoms with Crippen molar-refractivity contribution in [1.82, 2.24) is 5.32 Å². The number of nitrogens with two attached hydrogens (primary N) is 1. The fourth-order valence-corrected chi connectivity index (χ4v) is 2.18. The molecule has 0 saturated heterocycles. The number of halogens is 1. The second-order valence-electron chi connectivity index (χ2n) is 5.59. The van der Waals surface area contributed by atoms with Crippen LogP contribution in [-0.4, -0.2) is 25.2 Å². The number of rotatable bonds is 8. The SMILES string of the molecule is CCOc1ccc(C(NC(=O)[C@@H](C)N)C(C)C)cc1OCC.Cl. The summed E-state index contributed by atoms with van der Waals surface area (Å²) in [5.41, 5.74) is 6.63. The van der Waals surface area contributed by atoms with E-state index in [2.05, 4.69) is 19.2 Å². The zero-order valence-corrected chi connectivity index (χ0v) is 15.4. The lowest BCUT2D eigenvalue weighted by atomic mass is 9.95. The number of carbonyl (C=O) groups is 1. The predicted octanol–water partition coefficient (Wildman–Crippen LogP) is 3.07. The summed E-state index contributed by atoms with van der Waals surface area (Å²) in [4.78, 5) is 11.9. The maximum Gasteiger partial charge on any atom is 0.237 e. The number of hydrogen-bond donors (Lipinski definition) is 2. The van der Waals surface area contributed by atoms with Crippen LogP contribution in [0.1, 0.15) is 46.2 Å². The van der Waals surface area contributed by atoms with Crippen LogP contribution < -0.4 is 20.5 Å². The Morgan fingerprint density at radius 1 is 1.13 bits per heavy atom. The Morgan fingerprint density at radius 2 is 1.70 bits per heavy atom. The Kier molecular flexibility index (Phi) is 9.68. The van der Waals surface area contributed by atoms with Gasteiger partial charge in [-0.05, 0) is 44.4 Å². The lowest BCUT2D eigenvalue weighted by molar-refractivity contribution is -0.123. The van der Waals surface area contributed by atoms with E-state index in [0.717, 1.165) is 5.56 Å². The van der Waals surface area contributed by atoms with Crippen LogP contribution >= 0.6 is 12.4 Å². The fourth-order valence-electron chi connectivity index (χ4n) is 2.18. The van der Waals surface area contributed by atoms with Crippen molar-refractivity contribution in [3.63, 3.8) is 0 Å². The molecule has 0 saturated carbocycles. The van der Waals surface area contributed by atoms with Crippen molar-refractivity contribution in [1.29, 1.82) is 0 Å². The average Bonchev–Trinajstić information content (AvgIpc) is 2.46. The third-order valence-electron chi connectivity index (χ3n) is 3.30. The van der Waals surface area contributed by atoms with Gasteiger partial charge in [0.05, 0.1) is 25.3 Å². The van der Waals surface area contributed by atoms with E-state index in [-0.39, 0.29) is 30.3 Å². The molecule has 2 atom stereocenters. The van der Waals surface area contributed by atoms with Crippen LogP contribution in [0, 0.1) is 5.92 Å². The lowest BCUT2D eigenvalue weighted by Crippen LogP contribution is -2.41. The summed E-state index contributed by atoms with van der Waals surface area (Å²) < 4.78 is 11.2. The minimum Gasteiger partial charge on any atom is -0.490 e. The van der Waals surface area contributed by atoms with Crippen LogP contribution in [0.15, 0.2) is 18.2 Å². The first kappa shape index (κ1) is 21.5. The van der Waals surface area contributed by atoms with E-state index in [1.807, 2.05) is 32.0 Å². The summed E-state index contributed by atoms with van der Waals surface area (Å²) in [6, 6.07) is 5.13. The lowest BCUT2D eigenvalue weighted by Gasteiger charge is -2.25. The molecule has 1 aromatic rings. The average molecular weight is 345 g/mol. The van der Waals surface area contributed by atoms with Crippen molar-refractivity contribution in [2.75, 3.05) is 13.2 Å². The highest BCUT2D eigenvalue weighted by molar-refractivity contribution is 5.85. The smallest absolute Gasteiger partial charge is 0.237 e. The summed E-state index contributed by atoms with van der Waals surface area (Å²) >= 11 is 0. The third kappa shape index (κ3) is 6.28. The molecule has 0 aliphatic rings. The second-order valence-corrected chi connectivity index (χ2v) is 5.59. The van der Waals surface area contributed by atoms with Crippen LogP contribution in [0.25, 0.3) is 0 Å². The topological polar surface area (TPSA) is 73.6 Å². The van der Waals surface area contributed by atoms with E-state index in [0.29, 0.717) is 24.7 Å². The number of hydrogen-bond acceptors (Lipinski definition) is 4. The summed E-state index contributed by atoms with van der Waals surface area (Å²) in [5, 5.41) is 2.99. The van der Waals surface area contributed by atoms with Crippen molar-refractivity contribution in [3.8, 4) is 11.5 Å². The molecule has 1 unspecified atom stereocenters. The molecule has 0 aliphatic carbocycles. The Morgan fingerprint density at radius 3 is 2.17 bits per heavy atom. The molecule has 0 aromatic heterocycles. The molecular formula is C17H29ClN2O3. The maximum atomic E-state index is 11.9. The van der Waals surface area contributed by atoms with Crippen LogP contribution in [0.4, 0.5) is 0 Å². The molecule has 1 aromatic carbocycles. The highest BCUT2D eigenvalue weighted by Crippen LogP contribution is 2.32. The van der Waals surface area contributed by atoms with E-state index in [4.69, 9.17) is 15.2 Å². The van der Waals surface area contributed by atoms with E-state index in [1.165, 1.54) is 0 Å². The quantitative estimate of drug-likeness (QED) is 0.760. The number of benzene rings is 1. The molecule has 0 heterocycles. The van der Waals surface area contributed by atoms with Crippen LogP contribution in [0.2, 0.25) is 0 Å². The van der Waals surface area contributed by atoms with Gasteiger partial charge in [-0.2, -0.15) is 0 Å². The maximum absolute atomic E-state index is 11.9. The molecule has 0 aliphatic heterocycles. The van der Waals surface area contributed by atoms with Crippen LogP contribution in [-0.2, 0) is 4.79 Å². The van der Waals surface area contributed by atoms with Gasteiger partial charge in [0.1, 0.15) is 0 Å². The van der Waals surface area contributed by atoms with Gasteiger partial charge in [-0.1, -0.05) is 19.9 Å². The van der Waals surface area contributed by atoms with Crippen molar-refractivity contribution in [2.45, 2.75) is 46.7 Å². The molecular weight excluding hydrogens is 316 g/mol. The molecule has 5 nitrogen and oxygen atoms in total. The molecule has 0 fully saturated rings. The molecule has 0 spiro atoms. The highest BCUT2D eigenvalue weighted by Gasteiger charge is 2.21. The van der Waals surface area contributed by atoms with Gasteiger partial charge in [0, 0.05) is 0 Å². The summed E-state index contributed by atoms with van der Waals surface area (Å²) in [6.45, 7) is 10.8. The van der Waals surface area contributed by atoms with Gasteiger partial charge in [0.15, 0.2) is 11.5 Å². The Hall–Kier alpha value is -1.46. The minimum absolute atomic E-state index is 0. The first-order valence-corrected chi connectivity index (χ1v) is 7.86. The van der Waals surface area contributed by atoms with Crippen LogP contribution in [0.3, 0.4) is 0 Å². The van der Waals surface area contributed by atoms with Crippen LogP contribution in [0.5, 0.6) is 11.5 Å². The normalized spacial score (nSPS) is 13.0. The Balaban J connectivity index is 0.00000484. The second kappa shape index (κ2) is 10.3. The molecule has 1 amide bonds. The van der Waals surface area contributed by atoms with Gasteiger partial charge in [0.25, 0.3) is 0 Å². The molecule has 132 valence electrons. The van der Waals surface area contributed by atoms with E-state index >= 15 is 0 Å². The molecule has 0 radical (unpaired) electrons. The van der Waals surface area contributed by atoms with E-state index in [9.17, 15) is 4.79 Å². The van der Waals surface area contributed by atoms with E-state index < -0.39 is 6.04 Å². The van der Waals surface area contributed by atoms with Gasteiger partial charge < -0.3 is 20.5 Å². The largest absolute Gasteiger partial charge is 0.490 e. The van der Waals surface area contributed by atoms with Crippen molar-refractivity contribution < 1.29 is 14.3 Å². The van der Waals surface area contributed by atoms with Gasteiger partial charge in [-0.15, -0.1) is 12.4 Å². The monoisotopic (exact) mass is 344 g/mol. The van der Waals surface area contributed by atoms with Gasteiger partial charge in [0.2, 0.25) is 5.91 Å². The fraction of sp³-hybridized carbons (Fsp3) is 0.588. The van der Waals surface area contributed by atoms with Gasteiger partial charge in [-0.25, -0.2) is 0 Å². The molecule has 3 N–H and O–H groups in total. The van der Waals surface area contributed by atoms with Gasteiger partial charge >= 0.3 is 0 Å². The van der Waals surface area contributed by atoms with Gasteiger partial charge in [-0.3, -0.25) is 4.79 Å². The number of nitrogens with one attached hydrogen (secondary N) is 1. The first-order chi connectivity index (χ1) is 10.4. The summed E-state index contributed by atoms with van der Waals surface area (Å²) in [7, 11) is 0. The highest BCUT2D eigenvalue weighted by atomic mass is 35.5. The van der Waals surface area contributed by atoms with Crippen molar-refractivity contribution in [3.05, 3.63) is 23.8 Å². The first-order valence-electron chi connectivity index (χ1n) is 7.86. The molecule has 1 rings (SSSR count). The Labute approximate surface area is 145 Å².